The molecule has 0 atom stereocenters. The van der Waals surface area contributed by atoms with Crippen LogP contribution in [0.5, 0.6) is 5.75 Å². The van der Waals surface area contributed by atoms with Gasteiger partial charge in [0.2, 0.25) is 0 Å². The van der Waals surface area contributed by atoms with Gasteiger partial charge in [-0.25, -0.2) is 4.39 Å². The minimum atomic E-state index is -0.563. The molecule has 1 amide bonds. The maximum atomic E-state index is 14.6. The summed E-state index contributed by atoms with van der Waals surface area (Å²) in [5.41, 5.74) is 1.34. The molecule has 134 valence electrons. The Morgan fingerprint density at radius 2 is 2.04 bits per heavy atom. The molecule has 0 aliphatic heterocycles. The molecule has 3 rings (SSSR count). The summed E-state index contributed by atoms with van der Waals surface area (Å²) in [6.45, 7) is 4.59. The number of nitrogens with one attached hydrogen (secondary N) is 1. The number of hydrogen-bond acceptors (Lipinski definition) is 3. The summed E-state index contributed by atoms with van der Waals surface area (Å²) >= 11 is 0. The fourth-order valence-electron chi connectivity index (χ4n) is 2.53. The molecule has 0 saturated heterocycles. The quantitative estimate of drug-likeness (QED) is 0.675. The fraction of sp³-hybridized carbons (Fsp3) is 0.238. The standard InChI is InChI=1S/C21H21FN2O2/c1-14(2)10-12-26-19-7-3-6-18(20(19)22)24-21(25)16-8-9-17-15(13-16)5-4-11-23-17/h3-9,11,13-14H,10,12H2,1-2H3,(H,24,25). The van der Waals surface area contributed by atoms with Crippen LogP contribution in [0, 0.1) is 11.7 Å². The van der Waals surface area contributed by atoms with Crippen LogP contribution in [0.25, 0.3) is 10.9 Å². The van der Waals surface area contributed by atoms with Crippen LogP contribution in [0.4, 0.5) is 10.1 Å². The van der Waals surface area contributed by atoms with E-state index >= 15 is 0 Å². The van der Waals surface area contributed by atoms with Crippen molar-refractivity contribution in [1.82, 2.24) is 4.98 Å². The number of anilines is 1. The molecule has 0 unspecified atom stereocenters. The van der Waals surface area contributed by atoms with Crippen molar-refractivity contribution in [2.75, 3.05) is 11.9 Å². The van der Waals surface area contributed by atoms with Gasteiger partial charge in [0.05, 0.1) is 17.8 Å². The van der Waals surface area contributed by atoms with Gasteiger partial charge in [0.1, 0.15) is 0 Å². The summed E-state index contributed by atoms with van der Waals surface area (Å²) in [7, 11) is 0. The number of hydrogen-bond donors (Lipinski definition) is 1. The Kier molecular flexibility index (Phi) is 5.46. The normalized spacial score (nSPS) is 10.9. The number of halogens is 1. The van der Waals surface area contributed by atoms with E-state index < -0.39 is 5.82 Å². The first-order valence-corrected chi connectivity index (χ1v) is 8.62. The van der Waals surface area contributed by atoms with Gasteiger partial charge in [-0.05, 0) is 48.7 Å². The maximum Gasteiger partial charge on any atom is 0.255 e. The number of nitrogens with zero attached hydrogens (tertiary/aromatic N) is 1. The number of aromatic nitrogens is 1. The van der Waals surface area contributed by atoms with Crippen LogP contribution in [0.15, 0.2) is 54.7 Å². The molecule has 0 fully saturated rings. The first kappa shape index (κ1) is 17.9. The predicted molar refractivity (Wildman–Crippen MR) is 101 cm³/mol. The summed E-state index contributed by atoms with van der Waals surface area (Å²) in [5.74, 6) is -0.324. The molecule has 1 N–H and O–H groups in total. The Balaban J connectivity index is 1.75. The fourth-order valence-corrected chi connectivity index (χ4v) is 2.53. The number of rotatable bonds is 6. The smallest absolute Gasteiger partial charge is 0.255 e. The second kappa shape index (κ2) is 7.95. The van der Waals surface area contributed by atoms with Gasteiger partial charge in [-0.3, -0.25) is 9.78 Å². The van der Waals surface area contributed by atoms with E-state index in [0.717, 1.165) is 17.3 Å². The van der Waals surface area contributed by atoms with E-state index in [4.69, 9.17) is 4.74 Å². The molecule has 5 heteroatoms. The lowest BCUT2D eigenvalue weighted by atomic mass is 10.1. The third-order valence-corrected chi connectivity index (χ3v) is 4.03. The van der Waals surface area contributed by atoms with Crippen molar-refractivity contribution in [2.24, 2.45) is 5.92 Å². The Hall–Kier alpha value is -2.95. The summed E-state index contributed by atoms with van der Waals surface area (Å²) in [6, 6.07) is 13.6. The molecule has 26 heavy (non-hydrogen) atoms. The number of pyridine rings is 1. The van der Waals surface area contributed by atoms with Crippen LogP contribution in [0.2, 0.25) is 0 Å². The van der Waals surface area contributed by atoms with Crippen molar-refractivity contribution in [1.29, 1.82) is 0 Å². The average molecular weight is 352 g/mol. The molecule has 0 bridgehead atoms. The van der Waals surface area contributed by atoms with Gasteiger partial charge in [0, 0.05) is 17.1 Å². The number of carbonyl (C=O) groups excluding carboxylic acids is 1. The third kappa shape index (κ3) is 4.17. The van der Waals surface area contributed by atoms with Crippen molar-refractivity contribution < 1.29 is 13.9 Å². The van der Waals surface area contributed by atoms with Crippen molar-refractivity contribution in [3.8, 4) is 5.75 Å². The summed E-state index contributed by atoms with van der Waals surface area (Å²) < 4.78 is 20.1. The number of carbonyl (C=O) groups is 1. The second-order valence-electron chi connectivity index (χ2n) is 6.51. The Bertz CT molecular complexity index is 925. The highest BCUT2D eigenvalue weighted by Crippen LogP contribution is 2.25. The van der Waals surface area contributed by atoms with Gasteiger partial charge >= 0.3 is 0 Å². The Morgan fingerprint density at radius 3 is 2.85 bits per heavy atom. The van der Waals surface area contributed by atoms with Gasteiger partial charge in [-0.2, -0.15) is 0 Å². The molecule has 0 spiro atoms. The van der Waals surface area contributed by atoms with Gasteiger partial charge < -0.3 is 10.1 Å². The lowest BCUT2D eigenvalue weighted by Crippen LogP contribution is -2.13. The van der Waals surface area contributed by atoms with Crippen LogP contribution < -0.4 is 10.1 Å². The van der Waals surface area contributed by atoms with Crippen molar-refractivity contribution in [3.05, 3.63) is 66.1 Å². The van der Waals surface area contributed by atoms with E-state index in [-0.39, 0.29) is 17.3 Å². The zero-order chi connectivity index (χ0) is 18.5. The first-order valence-electron chi connectivity index (χ1n) is 8.62. The zero-order valence-electron chi connectivity index (χ0n) is 14.8. The van der Waals surface area contributed by atoms with E-state index in [2.05, 4.69) is 24.1 Å². The van der Waals surface area contributed by atoms with E-state index in [1.54, 1.807) is 36.5 Å². The van der Waals surface area contributed by atoms with Crippen LogP contribution in [0.1, 0.15) is 30.6 Å². The molecule has 0 aliphatic carbocycles. The molecule has 4 nitrogen and oxygen atoms in total. The topological polar surface area (TPSA) is 51.2 Å². The number of amides is 1. The number of ether oxygens (including phenoxy) is 1. The molecule has 0 saturated carbocycles. The maximum absolute atomic E-state index is 14.6. The largest absolute Gasteiger partial charge is 0.490 e. The van der Waals surface area contributed by atoms with Crippen LogP contribution in [-0.2, 0) is 0 Å². The summed E-state index contributed by atoms with van der Waals surface area (Å²) in [5, 5.41) is 3.47. The second-order valence-corrected chi connectivity index (χ2v) is 6.51. The van der Waals surface area contributed by atoms with Gasteiger partial charge in [0.25, 0.3) is 5.91 Å². The van der Waals surface area contributed by atoms with E-state index in [9.17, 15) is 9.18 Å². The van der Waals surface area contributed by atoms with Gasteiger partial charge in [-0.15, -0.1) is 0 Å². The highest BCUT2D eigenvalue weighted by atomic mass is 19.1. The number of fused-ring (bicyclic) bond motifs is 1. The molecule has 0 aliphatic rings. The average Bonchev–Trinajstić information content (AvgIpc) is 2.64. The minimum absolute atomic E-state index is 0.100. The van der Waals surface area contributed by atoms with E-state index in [1.807, 2.05) is 12.1 Å². The SMILES string of the molecule is CC(C)CCOc1cccc(NC(=O)c2ccc3ncccc3c2)c1F. The Morgan fingerprint density at radius 1 is 1.19 bits per heavy atom. The Labute approximate surface area is 152 Å². The lowest BCUT2D eigenvalue weighted by molar-refractivity contribution is 0.102. The number of benzene rings is 2. The summed E-state index contributed by atoms with van der Waals surface area (Å²) in [4.78, 5) is 16.7. The molecule has 1 heterocycles. The van der Waals surface area contributed by atoms with Crippen LogP contribution in [-0.4, -0.2) is 17.5 Å². The first-order chi connectivity index (χ1) is 12.5. The van der Waals surface area contributed by atoms with Crippen molar-refractivity contribution in [3.63, 3.8) is 0 Å². The molecule has 1 aromatic heterocycles. The monoisotopic (exact) mass is 352 g/mol. The summed E-state index contributed by atoms with van der Waals surface area (Å²) in [6.07, 6.45) is 2.53. The molecule has 0 radical (unpaired) electrons. The lowest BCUT2D eigenvalue weighted by Gasteiger charge is -2.12. The van der Waals surface area contributed by atoms with E-state index in [1.165, 1.54) is 6.07 Å². The predicted octanol–water partition coefficient (Wildman–Crippen LogP) is 5.05. The van der Waals surface area contributed by atoms with E-state index in [0.29, 0.717) is 18.1 Å². The third-order valence-electron chi connectivity index (χ3n) is 4.03. The molecule has 2 aromatic carbocycles. The highest BCUT2D eigenvalue weighted by molar-refractivity contribution is 6.06. The molecule has 3 aromatic rings. The van der Waals surface area contributed by atoms with Gasteiger partial charge in [0.15, 0.2) is 11.6 Å². The molecular weight excluding hydrogens is 331 g/mol. The minimum Gasteiger partial charge on any atom is -0.490 e. The van der Waals surface area contributed by atoms with Crippen molar-refractivity contribution >= 4 is 22.5 Å². The van der Waals surface area contributed by atoms with Crippen LogP contribution >= 0.6 is 0 Å². The van der Waals surface area contributed by atoms with Crippen LogP contribution in [0.3, 0.4) is 0 Å². The van der Waals surface area contributed by atoms with Gasteiger partial charge in [-0.1, -0.05) is 26.0 Å². The van der Waals surface area contributed by atoms with Crippen molar-refractivity contribution in [2.45, 2.75) is 20.3 Å². The highest BCUT2D eigenvalue weighted by Gasteiger charge is 2.14. The zero-order valence-corrected chi connectivity index (χ0v) is 14.8. The molecular formula is C21H21FN2O2.